The Morgan fingerprint density at radius 3 is 2.43 bits per heavy atom. The van der Waals surface area contributed by atoms with E-state index in [-0.39, 0.29) is 23.7 Å². The number of hydrogen-bond acceptors (Lipinski definition) is 3. The minimum absolute atomic E-state index is 0.0444. The molecule has 0 radical (unpaired) electrons. The first kappa shape index (κ1) is 15.5. The molecule has 0 aliphatic rings. The summed E-state index contributed by atoms with van der Waals surface area (Å²) in [6.45, 7) is 2.22. The van der Waals surface area contributed by atoms with Crippen molar-refractivity contribution in [2.45, 2.75) is 18.4 Å². The molecule has 4 nitrogen and oxygen atoms in total. The molecule has 2 aromatic rings. The van der Waals surface area contributed by atoms with E-state index in [0.717, 1.165) is 17.7 Å². The second-order valence-corrected chi connectivity index (χ2v) is 6.51. The van der Waals surface area contributed by atoms with Gasteiger partial charge in [-0.3, -0.25) is 0 Å². The lowest BCUT2D eigenvalue weighted by atomic mass is 10.2. The molecule has 2 aromatic carbocycles. The Labute approximate surface area is 124 Å². The Balaban J connectivity index is 2.38. The van der Waals surface area contributed by atoms with Gasteiger partial charge < -0.3 is 5.73 Å². The third-order valence-corrected chi connectivity index (χ3v) is 5.12. The minimum Gasteiger partial charge on any atom is -0.398 e. The largest absolute Gasteiger partial charge is 0.398 e. The molecule has 0 saturated heterocycles. The van der Waals surface area contributed by atoms with Crippen LogP contribution in [0.1, 0.15) is 12.5 Å². The van der Waals surface area contributed by atoms with E-state index < -0.39 is 15.8 Å². The molecule has 0 spiro atoms. The van der Waals surface area contributed by atoms with Gasteiger partial charge in [0.1, 0.15) is 10.7 Å². The van der Waals surface area contributed by atoms with Gasteiger partial charge in [0, 0.05) is 13.1 Å². The molecule has 0 bridgehead atoms. The van der Waals surface area contributed by atoms with Crippen molar-refractivity contribution in [2.24, 2.45) is 0 Å². The molecule has 0 fully saturated rings. The highest BCUT2D eigenvalue weighted by Gasteiger charge is 2.25. The van der Waals surface area contributed by atoms with Gasteiger partial charge in [-0.05, 0) is 23.8 Å². The van der Waals surface area contributed by atoms with Gasteiger partial charge in [0.25, 0.3) is 0 Å². The van der Waals surface area contributed by atoms with E-state index in [4.69, 9.17) is 5.73 Å². The first-order chi connectivity index (χ1) is 9.95. The lowest BCUT2D eigenvalue weighted by molar-refractivity contribution is 0.423. The number of benzene rings is 2. The maximum atomic E-state index is 13.3. The van der Waals surface area contributed by atoms with E-state index in [9.17, 15) is 12.8 Å². The van der Waals surface area contributed by atoms with Crippen LogP contribution in [0.3, 0.4) is 0 Å². The van der Waals surface area contributed by atoms with Crippen molar-refractivity contribution in [3.05, 3.63) is 59.9 Å². The summed E-state index contributed by atoms with van der Waals surface area (Å²) in [4.78, 5) is -0.194. The third-order valence-electron chi connectivity index (χ3n) is 3.15. The summed E-state index contributed by atoms with van der Waals surface area (Å²) in [5.74, 6) is -0.626. The topological polar surface area (TPSA) is 63.4 Å². The molecule has 0 aliphatic carbocycles. The van der Waals surface area contributed by atoms with Crippen LogP contribution in [0.4, 0.5) is 10.1 Å². The van der Waals surface area contributed by atoms with Gasteiger partial charge in [-0.1, -0.05) is 37.3 Å². The number of rotatable bonds is 5. The van der Waals surface area contributed by atoms with Crippen LogP contribution in [-0.4, -0.2) is 19.3 Å². The van der Waals surface area contributed by atoms with Crippen LogP contribution in [0.25, 0.3) is 0 Å². The van der Waals surface area contributed by atoms with Crippen molar-refractivity contribution in [2.75, 3.05) is 12.3 Å². The lowest BCUT2D eigenvalue weighted by Crippen LogP contribution is -2.31. The predicted molar refractivity (Wildman–Crippen MR) is 80.5 cm³/mol. The van der Waals surface area contributed by atoms with Gasteiger partial charge in [0.15, 0.2) is 0 Å². The monoisotopic (exact) mass is 308 g/mol. The summed E-state index contributed by atoms with van der Waals surface area (Å²) in [5.41, 5.74) is 6.59. The normalized spacial score (nSPS) is 11.8. The molecule has 0 saturated carbocycles. The number of halogens is 1. The molecule has 6 heteroatoms. The standard InChI is InChI=1S/C15H17FN2O2S/c1-2-18(11-12-6-4-3-5-7-12)21(19,20)15-10-13(16)8-9-14(15)17/h3-10H,2,11,17H2,1H3. The van der Waals surface area contributed by atoms with Crippen molar-refractivity contribution in [1.82, 2.24) is 4.31 Å². The molecule has 0 aromatic heterocycles. The number of anilines is 1. The van der Waals surface area contributed by atoms with Crippen molar-refractivity contribution in [1.29, 1.82) is 0 Å². The molecule has 0 unspecified atom stereocenters. The maximum absolute atomic E-state index is 13.3. The average Bonchev–Trinajstić information content (AvgIpc) is 2.48. The fourth-order valence-corrected chi connectivity index (χ4v) is 3.59. The molecular weight excluding hydrogens is 291 g/mol. The molecule has 2 N–H and O–H groups in total. The smallest absolute Gasteiger partial charge is 0.245 e. The van der Waals surface area contributed by atoms with Gasteiger partial charge in [0.05, 0.1) is 5.69 Å². The Bertz CT molecular complexity index is 718. The fourth-order valence-electron chi connectivity index (χ4n) is 2.02. The number of nitrogens with two attached hydrogens (primary N) is 1. The number of hydrogen-bond donors (Lipinski definition) is 1. The average molecular weight is 308 g/mol. The summed E-state index contributed by atoms with van der Waals surface area (Å²) in [5, 5.41) is 0. The fraction of sp³-hybridized carbons (Fsp3) is 0.200. The summed E-state index contributed by atoms with van der Waals surface area (Å²) >= 11 is 0. The molecule has 0 heterocycles. The Kier molecular flexibility index (Phi) is 4.59. The van der Waals surface area contributed by atoms with Crippen molar-refractivity contribution < 1.29 is 12.8 Å². The van der Waals surface area contributed by atoms with E-state index in [1.54, 1.807) is 6.92 Å². The summed E-state index contributed by atoms with van der Waals surface area (Å²) < 4.78 is 39.8. The van der Waals surface area contributed by atoms with Gasteiger partial charge in [-0.15, -0.1) is 0 Å². The van der Waals surface area contributed by atoms with Crippen LogP contribution in [0.15, 0.2) is 53.4 Å². The molecule has 0 amide bonds. The van der Waals surface area contributed by atoms with Crippen LogP contribution in [0.2, 0.25) is 0 Å². The van der Waals surface area contributed by atoms with E-state index in [1.807, 2.05) is 30.3 Å². The summed E-state index contributed by atoms with van der Waals surface area (Å²) in [7, 11) is -3.83. The second kappa shape index (κ2) is 6.24. The Morgan fingerprint density at radius 2 is 1.81 bits per heavy atom. The first-order valence-electron chi connectivity index (χ1n) is 6.54. The maximum Gasteiger partial charge on any atom is 0.245 e. The highest BCUT2D eigenvalue weighted by molar-refractivity contribution is 7.89. The van der Waals surface area contributed by atoms with Crippen molar-refractivity contribution >= 4 is 15.7 Å². The molecular formula is C15H17FN2O2S. The summed E-state index contributed by atoms with van der Waals surface area (Å²) in [6.07, 6.45) is 0. The highest BCUT2D eigenvalue weighted by Crippen LogP contribution is 2.24. The predicted octanol–water partition coefficient (Wildman–Crippen LogP) is 2.62. The number of sulfonamides is 1. The molecule has 0 atom stereocenters. The van der Waals surface area contributed by atoms with Gasteiger partial charge in [-0.25, -0.2) is 12.8 Å². The third kappa shape index (κ3) is 3.40. The highest BCUT2D eigenvalue weighted by atomic mass is 32.2. The zero-order valence-electron chi connectivity index (χ0n) is 11.7. The second-order valence-electron chi connectivity index (χ2n) is 4.60. The van der Waals surface area contributed by atoms with Crippen LogP contribution in [-0.2, 0) is 16.6 Å². The molecule has 21 heavy (non-hydrogen) atoms. The Hall–Kier alpha value is -1.92. The quantitative estimate of drug-likeness (QED) is 0.864. The van der Waals surface area contributed by atoms with E-state index >= 15 is 0 Å². The van der Waals surface area contributed by atoms with Crippen molar-refractivity contribution in [3.8, 4) is 0 Å². The SMILES string of the molecule is CCN(Cc1ccccc1)S(=O)(=O)c1cc(F)ccc1N. The van der Waals surface area contributed by atoms with E-state index in [1.165, 1.54) is 10.4 Å². The Morgan fingerprint density at radius 1 is 1.14 bits per heavy atom. The number of nitrogen functional groups attached to an aromatic ring is 1. The van der Waals surface area contributed by atoms with Crippen LogP contribution in [0, 0.1) is 5.82 Å². The molecule has 0 aliphatic heterocycles. The van der Waals surface area contributed by atoms with Gasteiger partial charge in [0.2, 0.25) is 10.0 Å². The van der Waals surface area contributed by atoms with Gasteiger partial charge >= 0.3 is 0 Å². The van der Waals surface area contributed by atoms with E-state index in [0.29, 0.717) is 0 Å². The van der Waals surface area contributed by atoms with Crippen LogP contribution in [0.5, 0.6) is 0 Å². The van der Waals surface area contributed by atoms with E-state index in [2.05, 4.69) is 0 Å². The lowest BCUT2D eigenvalue weighted by Gasteiger charge is -2.21. The number of nitrogens with zero attached hydrogens (tertiary/aromatic N) is 1. The van der Waals surface area contributed by atoms with Crippen LogP contribution >= 0.6 is 0 Å². The molecule has 2 rings (SSSR count). The van der Waals surface area contributed by atoms with Crippen molar-refractivity contribution in [3.63, 3.8) is 0 Å². The first-order valence-corrected chi connectivity index (χ1v) is 7.98. The zero-order valence-corrected chi connectivity index (χ0v) is 12.5. The van der Waals surface area contributed by atoms with Gasteiger partial charge in [-0.2, -0.15) is 4.31 Å². The summed E-state index contributed by atoms with van der Waals surface area (Å²) in [6, 6.07) is 12.6. The molecule has 112 valence electrons. The minimum atomic E-state index is -3.83. The zero-order chi connectivity index (χ0) is 15.5. The van der Waals surface area contributed by atoms with Crippen LogP contribution < -0.4 is 5.73 Å².